The largest absolute Gasteiger partial charge is 0.493 e. The molecule has 0 bridgehead atoms. The minimum Gasteiger partial charge on any atom is -0.493 e. The summed E-state index contributed by atoms with van der Waals surface area (Å²) < 4.78 is 10.8. The Morgan fingerprint density at radius 1 is 1.00 bits per heavy atom. The first-order valence-electron chi connectivity index (χ1n) is 13.4. The molecule has 38 heavy (non-hydrogen) atoms. The molecule has 8 heteroatoms. The lowest BCUT2D eigenvalue weighted by atomic mass is 10.0. The quantitative estimate of drug-likeness (QED) is 0.303. The van der Waals surface area contributed by atoms with Gasteiger partial charge in [-0.1, -0.05) is 26.0 Å². The second-order valence-electron chi connectivity index (χ2n) is 9.64. The summed E-state index contributed by atoms with van der Waals surface area (Å²) in [6.45, 7) is 13.4. The molecule has 0 aliphatic rings. The fourth-order valence-corrected chi connectivity index (χ4v) is 5.04. The number of H-pyrrole nitrogens is 1. The van der Waals surface area contributed by atoms with Gasteiger partial charge in [0.1, 0.15) is 0 Å². The summed E-state index contributed by atoms with van der Waals surface area (Å²) in [4.78, 5) is 20.6. The molecule has 3 aromatic rings. The van der Waals surface area contributed by atoms with Gasteiger partial charge in [-0.25, -0.2) is 0 Å². The molecule has 0 atom stereocenters. The molecular formula is C30H42N4O3S. The van der Waals surface area contributed by atoms with E-state index in [0.29, 0.717) is 29.7 Å². The molecule has 0 unspecified atom stereocenters. The van der Waals surface area contributed by atoms with E-state index in [1.54, 1.807) is 14.2 Å². The number of fused-ring (bicyclic) bond motifs is 1. The molecule has 0 fully saturated rings. The fraction of sp³-hybridized carbons (Fsp3) is 0.467. The van der Waals surface area contributed by atoms with E-state index >= 15 is 0 Å². The van der Waals surface area contributed by atoms with Gasteiger partial charge in [0.2, 0.25) is 0 Å². The van der Waals surface area contributed by atoms with Crippen LogP contribution in [0.1, 0.15) is 42.5 Å². The maximum Gasteiger partial charge on any atom is 0.253 e. The summed E-state index contributed by atoms with van der Waals surface area (Å²) in [6, 6.07) is 12.1. The lowest BCUT2D eigenvalue weighted by Gasteiger charge is -2.27. The molecule has 0 saturated carbocycles. The molecule has 2 N–H and O–H groups in total. The Balaban J connectivity index is 1.74. The molecule has 3 rings (SSSR count). The number of nitrogens with one attached hydrogen (secondary N) is 2. The number of thiocarbonyl (C=S) groups is 1. The van der Waals surface area contributed by atoms with E-state index in [-0.39, 0.29) is 5.56 Å². The van der Waals surface area contributed by atoms with Gasteiger partial charge in [0, 0.05) is 29.6 Å². The average Bonchev–Trinajstić information content (AvgIpc) is 2.90. The highest BCUT2D eigenvalue weighted by atomic mass is 32.1. The van der Waals surface area contributed by atoms with Gasteiger partial charge in [0.25, 0.3) is 5.56 Å². The Kier molecular flexibility index (Phi) is 11.0. The number of aromatic amines is 1. The van der Waals surface area contributed by atoms with E-state index in [4.69, 9.17) is 21.7 Å². The highest BCUT2D eigenvalue weighted by molar-refractivity contribution is 7.80. The first kappa shape index (κ1) is 29.5. The average molecular weight is 539 g/mol. The number of aromatic nitrogens is 1. The third-order valence-electron chi connectivity index (χ3n) is 6.97. The van der Waals surface area contributed by atoms with Crippen LogP contribution in [0.5, 0.6) is 11.5 Å². The standard InChI is InChI=1S/C30H42N4O3S/c1-7-33(8-2)14-9-15-34(20-24-19-25-22(4)16-21(3)17-26(25)32-29(24)35)30(38)31-13-12-23-10-11-27(36-5)28(18-23)37-6/h10-11,16-19H,7-9,12-15,20H2,1-6H3,(H,31,38)(H,32,35). The smallest absolute Gasteiger partial charge is 0.253 e. The van der Waals surface area contributed by atoms with E-state index in [9.17, 15) is 4.79 Å². The molecule has 1 aromatic heterocycles. The fourth-order valence-electron chi connectivity index (χ4n) is 4.78. The van der Waals surface area contributed by atoms with Crippen molar-refractivity contribution < 1.29 is 9.47 Å². The molecule has 0 amide bonds. The van der Waals surface area contributed by atoms with Gasteiger partial charge in [0.05, 0.1) is 20.8 Å². The Bertz CT molecular complexity index is 1290. The van der Waals surface area contributed by atoms with Crippen molar-refractivity contribution in [3.63, 3.8) is 0 Å². The Morgan fingerprint density at radius 3 is 2.42 bits per heavy atom. The zero-order valence-electron chi connectivity index (χ0n) is 23.6. The van der Waals surface area contributed by atoms with E-state index in [1.165, 1.54) is 0 Å². The van der Waals surface area contributed by atoms with Crippen LogP contribution in [0.2, 0.25) is 0 Å². The van der Waals surface area contributed by atoms with Crippen molar-refractivity contribution >= 4 is 28.2 Å². The van der Waals surface area contributed by atoms with Crippen LogP contribution in [0.15, 0.2) is 41.2 Å². The van der Waals surface area contributed by atoms with Crippen molar-refractivity contribution in [1.82, 2.24) is 20.1 Å². The van der Waals surface area contributed by atoms with E-state index < -0.39 is 0 Å². The van der Waals surface area contributed by atoms with Crippen LogP contribution < -0.4 is 20.3 Å². The van der Waals surface area contributed by atoms with Crippen LogP contribution >= 0.6 is 12.2 Å². The van der Waals surface area contributed by atoms with Crippen LogP contribution in [-0.2, 0) is 13.0 Å². The van der Waals surface area contributed by atoms with Crippen LogP contribution in [-0.4, -0.2) is 66.8 Å². The Hall–Kier alpha value is -3.10. The number of rotatable bonds is 13. The van der Waals surface area contributed by atoms with Crippen LogP contribution in [0.4, 0.5) is 0 Å². The second kappa shape index (κ2) is 14.2. The molecule has 0 radical (unpaired) electrons. The first-order chi connectivity index (χ1) is 18.3. The molecule has 0 aliphatic heterocycles. The van der Waals surface area contributed by atoms with Crippen LogP contribution in [0.25, 0.3) is 10.9 Å². The van der Waals surface area contributed by atoms with Gasteiger partial charge in [-0.2, -0.15) is 0 Å². The van der Waals surface area contributed by atoms with Gasteiger partial charge >= 0.3 is 0 Å². The number of hydrogen-bond donors (Lipinski definition) is 2. The molecule has 2 aromatic carbocycles. The lowest BCUT2D eigenvalue weighted by Crippen LogP contribution is -2.42. The second-order valence-corrected chi connectivity index (χ2v) is 10.0. The van der Waals surface area contributed by atoms with E-state index in [2.05, 4.69) is 46.9 Å². The molecule has 0 aliphatic carbocycles. The monoisotopic (exact) mass is 538 g/mol. The molecular weight excluding hydrogens is 496 g/mol. The van der Waals surface area contributed by atoms with E-state index in [1.807, 2.05) is 37.3 Å². The van der Waals surface area contributed by atoms with Gasteiger partial charge in [-0.15, -0.1) is 0 Å². The summed E-state index contributed by atoms with van der Waals surface area (Å²) in [6.07, 6.45) is 1.74. The highest BCUT2D eigenvalue weighted by Crippen LogP contribution is 2.27. The predicted molar refractivity (Wildman–Crippen MR) is 161 cm³/mol. The SMILES string of the molecule is CCN(CC)CCCN(Cc1cc2c(C)cc(C)cc2[nH]c1=O)C(=S)NCCc1ccc(OC)c(OC)c1. The zero-order chi connectivity index (χ0) is 27.7. The third kappa shape index (κ3) is 7.71. The number of aryl methyl sites for hydroxylation is 2. The summed E-state index contributed by atoms with van der Waals surface area (Å²) in [5.74, 6) is 1.43. The van der Waals surface area contributed by atoms with Crippen LogP contribution in [0, 0.1) is 13.8 Å². The van der Waals surface area contributed by atoms with Gasteiger partial charge in [-0.05, 0) is 99.5 Å². The summed E-state index contributed by atoms with van der Waals surface area (Å²) in [5.41, 5.74) is 4.95. The maximum absolute atomic E-state index is 13.0. The van der Waals surface area contributed by atoms with Crippen molar-refractivity contribution in [3.8, 4) is 11.5 Å². The Labute approximate surface area is 232 Å². The minimum absolute atomic E-state index is 0.0654. The minimum atomic E-state index is -0.0654. The highest BCUT2D eigenvalue weighted by Gasteiger charge is 2.15. The van der Waals surface area contributed by atoms with Crippen molar-refractivity contribution in [2.75, 3.05) is 46.9 Å². The predicted octanol–water partition coefficient (Wildman–Crippen LogP) is 4.81. The molecule has 206 valence electrons. The molecule has 0 saturated heterocycles. The molecule has 7 nitrogen and oxygen atoms in total. The van der Waals surface area contributed by atoms with E-state index in [0.717, 1.165) is 72.2 Å². The number of pyridine rings is 1. The van der Waals surface area contributed by atoms with Crippen molar-refractivity contribution in [2.45, 2.75) is 47.1 Å². The molecule has 0 spiro atoms. The topological polar surface area (TPSA) is 69.8 Å². The normalized spacial score (nSPS) is 11.1. The third-order valence-corrected chi connectivity index (χ3v) is 7.38. The summed E-state index contributed by atoms with van der Waals surface area (Å²) >= 11 is 5.84. The molecule has 1 heterocycles. The number of nitrogens with zero attached hydrogens (tertiary/aromatic N) is 2. The first-order valence-corrected chi connectivity index (χ1v) is 13.8. The number of hydrogen-bond acceptors (Lipinski definition) is 5. The number of methoxy groups -OCH3 is 2. The summed E-state index contributed by atoms with van der Waals surface area (Å²) in [7, 11) is 3.28. The number of ether oxygens (including phenoxy) is 2. The van der Waals surface area contributed by atoms with Gasteiger partial charge in [0.15, 0.2) is 16.6 Å². The number of benzene rings is 2. The van der Waals surface area contributed by atoms with Gasteiger partial charge < -0.3 is 29.6 Å². The summed E-state index contributed by atoms with van der Waals surface area (Å²) in [5, 5.41) is 5.15. The van der Waals surface area contributed by atoms with Crippen molar-refractivity contribution in [1.29, 1.82) is 0 Å². The maximum atomic E-state index is 13.0. The van der Waals surface area contributed by atoms with Gasteiger partial charge in [-0.3, -0.25) is 4.79 Å². The van der Waals surface area contributed by atoms with Crippen molar-refractivity contribution in [2.24, 2.45) is 0 Å². The van der Waals surface area contributed by atoms with Crippen LogP contribution in [0.3, 0.4) is 0 Å². The Morgan fingerprint density at radius 2 is 1.74 bits per heavy atom. The lowest BCUT2D eigenvalue weighted by molar-refractivity contribution is 0.279. The zero-order valence-corrected chi connectivity index (χ0v) is 24.5. The van der Waals surface area contributed by atoms with Crippen molar-refractivity contribution in [3.05, 3.63) is 69.0 Å².